The molecule has 0 saturated carbocycles. The molecule has 0 radical (unpaired) electrons. The standard InChI is InChI=1S/C12H17NO3S/c1-3-17(15,16)6-4-5-12(14)11-7-10(2)8-13-9-11/h7-9H,3-6H2,1-2H3. The number of Topliss-reactive ketones (excluding diaryl/α,β-unsaturated/α-hetero) is 1. The van der Waals surface area contributed by atoms with Crippen molar-refractivity contribution in [2.75, 3.05) is 11.5 Å². The van der Waals surface area contributed by atoms with Gasteiger partial charge in [-0.3, -0.25) is 9.78 Å². The van der Waals surface area contributed by atoms with Crippen LogP contribution in [0.1, 0.15) is 35.7 Å². The zero-order valence-electron chi connectivity index (χ0n) is 10.1. The van der Waals surface area contributed by atoms with Crippen LogP contribution in [0.3, 0.4) is 0 Å². The zero-order valence-corrected chi connectivity index (χ0v) is 11.0. The van der Waals surface area contributed by atoms with Crippen LogP contribution < -0.4 is 0 Å². The molecule has 1 heterocycles. The number of aryl methyl sites for hydroxylation is 1. The summed E-state index contributed by atoms with van der Waals surface area (Å²) in [6, 6.07) is 1.77. The summed E-state index contributed by atoms with van der Waals surface area (Å²) in [4.78, 5) is 15.7. The SMILES string of the molecule is CCS(=O)(=O)CCCC(=O)c1cncc(C)c1. The molecule has 0 bridgehead atoms. The van der Waals surface area contributed by atoms with Crippen LogP contribution >= 0.6 is 0 Å². The molecule has 0 spiro atoms. The molecule has 1 rings (SSSR count). The Balaban J connectivity index is 2.51. The maximum atomic E-state index is 11.7. The van der Waals surface area contributed by atoms with Crippen molar-refractivity contribution in [2.45, 2.75) is 26.7 Å². The normalized spacial score (nSPS) is 11.4. The van der Waals surface area contributed by atoms with E-state index in [-0.39, 0.29) is 23.7 Å². The first-order valence-electron chi connectivity index (χ1n) is 5.60. The molecule has 17 heavy (non-hydrogen) atoms. The number of aromatic nitrogens is 1. The highest BCUT2D eigenvalue weighted by Gasteiger charge is 2.10. The number of sulfone groups is 1. The molecular weight excluding hydrogens is 238 g/mol. The molecule has 0 aliphatic carbocycles. The zero-order chi connectivity index (χ0) is 12.9. The Morgan fingerprint density at radius 1 is 1.35 bits per heavy atom. The molecule has 1 aromatic heterocycles. The Hall–Kier alpha value is -1.23. The molecule has 0 saturated heterocycles. The third kappa shape index (κ3) is 4.65. The van der Waals surface area contributed by atoms with E-state index in [0.29, 0.717) is 12.0 Å². The lowest BCUT2D eigenvalue weighted by molar-refractivity contribution is 0.0981. The summed E-state index contributed by atoms with van der Waals surface area (Å²) < 4.78 is 22.5. The van der Waals surface area contributed by atoms with Crippen molar-refractivity contribution in [3.05, 3.63) is 29.6 Å². The van der Waals surface area contributed by atoms with Crippen LogP contribution in [0.4, 0.5) is 0 Å². The fourth-order valence-corrected chi connectivity index (χ4v) is 2.32. The van der Waals surface area contributed by atoms with E-state index in [1.54, 1.807) is 19.2 Å². The lowest BCUT2D eigenvalue weighted by Gasteiger charge is -2.02. The van der Waals surface area contributed by atoms with Gasteiger partial charge in [0.25, 0.3) is 0 Å². The van der Waals surface area contributed by atoms with Gasteiger partial charge in [0.1, 0.15) is 9.84 Å². The van der Waals surface area contributed by atoms with Crippen LogP contribution in [0.15, 0.2) is 18.5 Å². The number of carbonyl (C=O) groups is 1. The van der Waals surface area contributed by atoms with Crippen LogP contribution in [-0.4, -0.2) is 30.7 Å². The molecular formula is C12H17NO3S. The Bertz CT molecular complexity index is 494. The summed E-state index contributed by atoms with van der Waals surface area (Å²) in [5.74, 6) is 0.161. The van der Waals surface area contributed by atoms with Gasteiger partial charge in [-0.25, -0.2) is 8.42 Å². The van der Waals surface area contributed by atoms with Gasteiger partial charge in [-0.1, -0.05) is 6.92 Å². The largest absolute Gasteiger partial charge is 0.294 e. The number of carbonyl (C=O) groups excluding carboxylic acids is 1. The predicted molar refractivity (Wildman–Crippen MR) is 66.9 cm³/mol. The van der Waals surface area contributed by atoms with Crippen molar-refractivity contribution in [1.82, 2.24) is 4.98 Å². The van der Waals surface area contributed by atoms with Crippen LogP contribution in [0.5, 0.6) is 0 Å². The molecule has 0 aromatic carbocycles. The number of hydrogen-bond acceptors (Lipinski definition) is 4. The summed E-state index contributed by atoms with van der Waals surface area (Å²) >= 11 is 0. The van der Waals surface area contributed by atoms with E-state index in [4.69, 9.17) is 0 Å². The molecule has 0 amide bonds. The number of pyridine rings is 1. The number of rotatable bonds is 6. The maximum Gasteiger partial charge on any atom is 0.164 e. The van der Waals surface area contributed by atoms with Gasteiger partial charge in [0.15, 0.2) is 5.78 Å². The van der Waals surface area contributed by atoms with Crippen molar-refractivity contribution in [3.8, 4) is 0 Å². The summed E-state index contributed by atoms with van der Waals surface area (Å²) in [6.45, 7) is 3.48. The minimum absolute atomic E-state index is 0.0486. The maximum absolute atomic E-state index is 11.7. The van der Waals surface area contributed by atoms with E-state index in [0.717, 1.165) is 5.56 Å². The first kappa shape index (κ1) is 13.8. The van der Waals surface area contributed by atoms with Crippen LogP contribution in [0.2, 0.25) is 0 Å². The van der Waals surface area contributed by atoms with E-state index in [1.807, 2.05) is 6.92 Å². The van der Waals surface area contributed by atoms with Crippen LogP contribution in [0, 0.1) is 6.92 Å². The highest BCUT2D eigenvalue weighted by Crippen LogP contribution is 2.07. The highest BCUT2D eigenvalue weighted by molar-refractivity contribution is 7.91. The van der Waals surface area contributed by atoms with E-state index in [1.165, 1.54) is 6.20 Å². The van der Waals surface area contributed by atoms with Gasteiger partial charge in [0, 0.05) is 30.1 Å². The second kappa shape index (κ2) is 5.91. The lowest BCUT2D eigenvalue weighted by atomic mass is 10.1. The lowest BCUT2D eigenvalue weighted by Crippen LogP contribution is -2.10. The predicted octanol–water partition coefficient (Wildman–Crippen LogP) is 1.79. The van der Waals surface area contributed by atoms with E-state index < -0.39 is 9.84 Å². The van der Waals surface area contributed by atoms with E-state index in [2.05, 4.69) is 4.98 Å². The van der Waals surface area contributed by atoms with Crippen molar-refractivity contribution in [3.63, 3.8) is 0 Å². The van der Waals surface area contributed by atoms with Crippen molar-refractivity contribution >= 4 is 15.6 Å². The van der Waals surface area contributed by atoms with Crippen LogP contribution in [-0.2, 0) is 9.84 Å². The monoisotopic (exact) mass is 255 g/mol. The Morgan fingerprint density at radius 3 is 2.65 bits per heavy atom. The smallest absolute Gasteiger partial charge is 0.164 e. The van der Waals surface area contributed by atoms with Gasteiger partial charge in [-0.05, 0) is 25.0 Å². The molecule has 0 unspecified atom stereocenters. The topological polar surface area (TPSA) is 64.1 Å². The van der Waals surface area contributed by atoms with Crippen molar-refractivity contribution < 1.29 is 13.2 Å². The Labute approximate surface area is 102 Å². The highest BCUT2D eigenvalue weighted by atomic mass is 32.2. The molecule has 0 fully saturated rings. The Morgan fingerprint density at radius 2 is 2.06 bits per heavy atom. The quantitative estimate of drug-likeness (QED) is 0.727. The van der Waals surface area contributed by atoms with E-state index >= 15 is 0 Å². The molecule has 0 N–H and O–H groups in total. The van der Waals surface area contributed by atoms with Gasteiger partial charge >= 0.3 is 0 Å². The van der Waals surface area contributed by atoms with Gasteiger partial charge in [0.05, 0.1) is 5.75 Å². The van der Waals surface area contributed by atoms with Gasteiger partial charge in [0.2, 0.25) is 0 Å². The molecule has 4 nitrogen and oxygen atoms in total. The van der Waals surface area contributed by atoms with Gasteiger partial charge in [-0.15, -0.1) is 0 Å². The molecule has 0 aliphatic rings. The minimum Gasteiger partial charge on any atom is -0.294 e. The Kier molecular flexibility index (Phi) is 4.81. The minimum atomic E-state index is -2.97. The summed E-state index contributed by atoms with van der Waals surface area (Å²) in [5, 5.41) is 0. The molecule has 0 aliphatic heterocycles. The second-order valence-corrected chi connectivity index (χ2v) is 6.49. The molecule has 5 heteroatoms. The first-order valence-corrected chi connectivity index (χ1v) is 7.42. The molecule has 0 atom stereocenters. The average molecular weight is 255 g/mol. The van der Waals surface area contributed by atoms with Gasteiger partial charge in [-0.2, -0.15) is 0 Å². The molecule has 1 aromatic rings. The fourth-order valence-electron chi connectivity index (χ4n) is 1.45. The average Bonchev–Trinajstić information content (AvgIpc) is 2.28. The number of hydrogen-bond donors (Lipinski definition) is 0. The number of ketones is 1. The summed E-state index contributed by atoms with van der Waals surface area (Å²) in [7, 11) is -2.97. The van der Waals surface area contributed by atoms with Crippen molar-refractivity contribution in [1.29, 1.82) is 0 Å². The van der Waals surface area contributed by atoms with Crippen molar-refractivity contribution in [2.24, 2.45) is 0 Å². The summed E-state index contributed by atoms with van der Waals surface area (Å²) in [6.07, 6.45) is 3.83. The van der Waals surface area contributed by atoms with Gasteiger partial charge < -0.3 is 0 Å². The second-order valence-electron chi connectivity index (χ2n) is 4.01. The fraction of sp³-hybridized carbons (Fsp3) is 0.500. The third-order valence-corrected chi connectivity index (χ3v) is 4.29. The number of nitrogens with zero attached hydrogens (tertiary/aromatic N) is 1. The van der Waals surface area contributed by atoms with Crippen LogP contribution in [0.25, 0.3) is 0 Å². The third-order valence-electron chi connectivity index (χ3n) is 2.50. The first-order chi connectivity index (χ1) is 7.94. The summed E-state index contributed by atoms with van der Waals surface area (Å²) in [5.41, 5.74) is 1.48. The van der Waals surface area contributed by atoms with E-state index in [9.17, 15) is 13.2 Å². The molecule has 94 valence electrons.